The lowest BCUT2D eigenvalue weighted by molar-refractivity contribution is -0.139. The van der Waals surface area contributed by atoms with E-state index in [1.165, 1.54) is 31.3 Å². The molecule has 1 aliphatic carbocycles. The number of anilines is 1. The second kappa shape index (κ2) is 6.77. The van der Waals surface area contributed by atoms with Gasteiger partial charge in [0, 0.05) is 20.2 Å². The van der Waals surface area contributed by atoms with Crippen LogP contribution in [-0.2, 0) is 9.59 Å². The van der Waals surface area contributed by atoms with Crippen molar-refractivity contribution in [3.63, 3.8) is 0 Å². The number of hydrogen-bond acceptors (Lipinski definition) is 5. The van der Waals surface area contributed by atoms with Crippen molar-refractivity contribution in [1.29, 1.82) is 0 Å². The predicted octanol–water partition coefficient (Wildman–Crippen LogP) is 1.06. The van der Waals surface area contributed by atoms with Crippen LogP contribution in [0.15, 0.2) is 12.1 Å². The van der Waals surface area contributed by atoms with Crippen molar-refractivity contribution in [2.75, 3.05) is 33.6 Å². The van der Waals surface area contributed by atoms with E-state index in [1.807, 2.05) is 0 Å². The summed E-state index contributed by atoms with van der Waals surface area (Å²) in [4.78, 5) is 36.8. The Labute approximate surface area is 139 Å². The molecule has 8 heteroatoms. The average molecular weight is 336 g/mol. The molecule has 1 aromatic carbocycles. The lowest BCUT2D eigenvalue weighted by Crippen LogP contribution is -2.25. The average Bonchev–Trinajstić information content (AvgIpc) is 3.34. The number of carbonyl (C=O) groups excluding carboxylic acids is 2. The molecule has 8 nitrogen and oxygen atoms in total. The van der Waals surface area contributed by atoms with E-state index in [0.29, 0.717) is 17.9 Å². The summed E-state index contributed by atoms with van der Waals surface area (Å²) in [6, 6.07) is 2.98. The van der Waals surface area contributed by atoms with E-state index in [0.717, 1.165) is 0 Å². The van der Waals surface area contributed by atoms with Crippen LogP contribution in [0.2, 0.25) is 0 Å². The van der Waals surface area contributed by atoms with Crippen molar-refractivity contribution < 1.29 is 29.0 Å². The van der Waals surface area contributed by atoms with Crippen LogP contribution in [0.4, 0.5) is 5.69 Å². The molecule has 0 radical (unpaired) electrons. The lowest BCUT2D eigenvalue weighted by atomic mass is 10.1. The first kappa shape index (κ1) is 17.6. The summed E-state index contributed by atoms with van der Waals surface area (Å²) in [5, 5.41) is 11.6. The molecule has 24 heavy (non-hydrogen) atoms. The molecule has 1 aromatic rings. The SMILES string of the molecule is COc1cc(NC(=O)C2CC2C(=O)O)c(C(=O)N(C)C)cc1OC. The monoisotopic (exact) mass is 336 g/mol. The number of hydrogen-bond donors (Lipinski definition) is 2. The molecular weight excluding hydrogens is 316 g/mol. The van der Waals surface area contributed by atoms with Gasteiger partial charge in [-0.2, -0.15) is 0 Å². The van der Waals surface area contributed by atoms with Gasteiger partial charge in [0.15, 0.2) is 11.5 Å². The van der Waals surface area contributed by atoms with Crippen molar-refractivity contribution in [2.24, 2.45) is 11.8 Å². The fourth-order valence-corrected chi connectivity index (χ4v) is 2.38. The van der Waals surface area contributed by atoms with Crippen LogP contribution < -0.4 is 14.8 Å². The lowest BCUT2D eigenvalue weighted by Gasteiger charge is -2.18. The highest BCUT2D eigenvalue weighted by atomic mass is 16.5. The zero-order chi connectivity index (χ0) is 18.0. The molecule has 1 fully saturated rings. The standard InChI is InChI=1S/C16H20N2O6/c1-18(2)15(20)10-6-12(23-3)13(24-4)7-11(10)17-14(19)8-5-9(8)16(21)22/h6-9H,5H2,1-4H3,(H,17,19)(H,21,22). The van der Waals surface area contributed by atoms with Crippen molar-refractivity contribution >= 4 is 23.5 Å². The van der Waals surface area contributed by atoms with E-state index in [2.05, 4.69) is 5.32 Å². The molecule has 0 aromatic heterocycles. The number of carbonyl (C=O) groups is 3. The molecule has 2 rings (SSSR count). The van der Waals surface area contributed by atoms with Crippen LogP contribution >= 0.6 is 0 Å². The van der Waals surface area contributed by atoms with E-state index in [-0.39, 0.29) is 17.2 Å². The van der Waals surface area contributed by atoms with Crippen molar-refractivity contribution in [2.45, 2.75) is 6.42 Å². The zero-order valence-electron chi connectivity index (χ0n) is 14.0. The highest BCUT2D eigenvalue weighted by molar-refractivity contribution is 6.06. The predicted molar refractivity (Wildman–Crippen MR) is 85.4 cm³/mol. The van der Waals surface area contributed by atoms with Gasteiger partial charge in [-0.25, -0.2) is 0 Å². The Morgan fingerprint density at radius 2 is 1.71 bits per heavy atom. The molecule has 1 saturated carbocycles. The summed E-state index contributed by atoms with van der Waals surface area (Å²) < 4.78 is 10.4. The Balaban J connectivity index is 2.34. The van der Waals surface area contributed by atoms with Gasteiger partial charge in [-0.1, -0.05) is 0 Å². The highest BCUT2D eigenvalue weighted by Gasteiger charge is 2.48. The molecule has 2 N–H and O–H groups in total. The van der Waals surface area contributed by atoms with E-state index in [4.69, 9.17) is 14.6 Å². The van der Waals surface area contributed by atoms with E-state index < -0.39 is 23.7 Å². The van der Waals surface area contributed by atoms with Gasteiger partial charge in [0.1, 0.15) is 0 Å². The molecular formula is C16H20N2O6. The van der Waals surface area contributed by atoms with E-state index in [9.17, 15) is 14.4 Å². The third kappa shape index (κ3) is 3.42. The fourth-order valence-electron chi connectivity index (χ4n) is 2.38. The van der Waals surface area contributed by atoms with Gasteiger partial charge in [0.05, 0.1) is 37.3 Å². The number of nitrogens with one attached hydrogen (secondary N) is 1. The largest absolute Gasteiger partial charge is 0.493 e. The van der Waals surface area contributed by atoms with E-state index >= 15 is 0 Å². The number of rotatable bonds is 6. The third-order valence-corrected chi connectivity index (χ3v) is 3.86. The summed E-state index contributed by atoms with van der Waals surface area (Å²) in [5.74, 6) is -2.29. The molecule has 0 bridgehead atoms. The summed E-state index contributed by atoms with van der Waals surface area (Å²) >= 11 is 0. The normalized spacial score (nSPS) is 18.5. The Bertz CT molecular complexity index is 685. The molecule has 0 spiro atoms. The quantitative estimate of drug-likeness (QED) is 0.805. The van der Waals surface area contributed by atoms with Crippen molar-refractivity contribution in [1.82, 2.24) is 4.90 Å². The minimum absolute atomic E-state index is 0.235. The van der Waals surface area contributed by atoms with E-state index in [1.54, 1.807) is 14.1 Å². The van der Waals surface area contributed by atoms with Gasteiger partial charge >= 0.3 is 5.97 Å². The number of methoxy groups -OCH3 is 2. The molecule has 130 valence electrons. The number of carboxylic acids is 1. The van der Waals surface area contributed by atoms with Gasteiger partial charge in [-0.05, 0) is 12.5 Å². The number of nitrogens with zero attached hydrogens (tertiary/aromatic N) is 1. The van der Waals surface area contributed by atoms with Gasteiger partial charge < -0.3 is 24.8 Å². The summed E-state index contributed by atoms with van der Waals surface area (Å²) in [6.45, 7) is 0. The second-order valence-electron chi connectivity index (χ2n) is 5.73. The molecule has 2 amide bonds. The zero-order valence-corrected chi connectivity index (χ0v) is 14.0. The molecule has 0 saturated heterocycles. The minimum Gasteiger partial charge on any atom is -0.493 e. The smallest absolute Gasteiger partial charge is 0.307 e. The maximum absolute atomic E-state index is 12.4. The summed E-state index contributed by atoms with van der Waals surface area (Å²) in [7, 11) is 6.07. The number of aliphatic carboxylic acids is 1. The molecule has 0 aliphatic heterocycles. The van der Waals surface area contributed by atoms with Crippen LogP contribution in [0.1, 0.15) is 16.8 Å². The minimum atomic E-state index is -0.993. The van der Waals surface area contributed by atoms with Gasteiger partial charge in [-0.3, -0.25) is 14.4 Å². The second-order valence-corrected chi connectivity index (χ2v) is 5.73. The first-order valence-corrected chi connectivity index (χ1v) is 7.31. The number of benzene rings is 1. The topological polar surface area (TPSA) is 105 Å². The van der Waals surface area contributed by atoms with Gasteiger partial charge in [0.25, 0.3) is 5.91 Å². The highest BCUT2D eigenvalue weighted by Crippen LogP contribution is 2.40. The van der Waals surface area contributed by atoms with Crippen molar-refractivity contribution in [3.8, 4) is 11.5 Å². The van der Waals surface area contributed by atoms with Crippen LogP contribution in [0, 0.1) is 11.8 Å². The third-order valence-electron chi connectivity index (χ3n) is 3.86. The number of amides is 2. The van der Waals surface area contributed by atoms with Gasteiger partial charge in [-0.15, -0.1) is 0 Å². The molecule has 2 atom stereocenters. The maximum atomic E-state index is 12.4. The van der Waals surface area contributed by atoms with Crippen molar-refractivity contribution in [3.05, 3.63) is 17.7 Å². The van der Waals surface area contributed by atoms with Crippen LogP contribution in [0.25, 0.3) is 0 Å². The molecule has 1 aliphatic rings. The Kier molecular flexibility index (Phi) is 4.96. The Hall–Kier alpha value is -2.77. The summed E-state index contributed by atoms with van der Waals surface area (Å²) in [6.07, 6.45) is 0.297. The van der Waals surface area contributed by atoms with Crippen LogP contribution in [0.5, 0.6) is 11.5 Å². The number of carboxylic acid groups (broad SMARTS) is 1. The van der Waals surface area contributed by atoms with Crippen LogP contribution in [0.3, 0.4) is 0 Å². The molecule has 2 unspecified atom stereocenters. The number of ether oxygens (including phenoxy) is 2. The first-order valence-electron chi connectivity index (χ1n) is 7.31. The van der Waals surface area contributed by atoms with Gasteiger partial charge in [0.2, 0.25) is 5.91 Å². The Morgan fingerprint density at radius 3 is 2.17 bits per heavy atom. The first-order chi connectivity index (χ1) is 11.3. The summed E-state index contributed by atoms with van der Waals surface area (Å²) in [5.41, 5.74) is 0.492. The fraction of sp³-hybridized carbons (Fsp3) is 0.438. The Morgan fingerprint density at radius 1 is 1.12 bits per heavy atom. The molecule has 0 heterocycles. The maximum Gasteiger partial charge on any atom is 0.307 e. The van der Waals surface area contributed by atoms with Crippen LogP contribution in [-0.4, -0.2) is 56.1 Å².